The van der Waals surface area contributed by atoms with Gasteiger partial charge in [-0.25, -0.2) is 9.59 Å². The maximum absolute atomic E-state index is 13.3. The average molecular weight is 480 g/mol. The lowest BCUT2D eigenvalue weighted by atomic mass is 10.1. The number of ether oxygens (including phenoxy) is 3. The monoisotopic (exact) mass is 479 g/mol. The van der Waals surface area contributed by atoms with Crippen LogP contribution in [0.1, 0.15) is 36.7 Å². The molecule has 186 valence electrons. The Morgan fingerprint density at radius 3 is 2.37 bits per heavy atom. The summed E-state index contributed by atoms with van der Waals surface area (Å²) in [6.07, 6.45) is 1.56. The fourth-order valence-corrected chi connectivity index (χ4v) is 4.25. The van der Waals surface area contributed by atoms with Gasteiger partial charge in [0.2, 0.25) is 0 Å². The number of methoxy groups -OCH3 is 1. The molecule has 2 aromatic carbocycles. The van der Waals surface area contributed by atoms with Gasteiger partial charge in [-0.05, 0) is 62.7 Å². The number of carbonyl (C=O) groups excluding carboxylic acids is 2. The lowest BCUT2D eigenvalue weighted by Gasteiger charge is -2.30. The molecule has 0 radical (unpaired) electrons. The molecule has 1 fully saturated rings. The Kier molecular flexibility index (Phi) is 7.03. The van der Waals surface area contributed by atoms with Crippen molar-refractivity contribution in [1.82, 2.24) is 4.57 Å². The van der Waals surface area contributed by atoms with E-state index in [-0.39, 0.29) is 5.97 Å². The molecule has 0 unspecified atom stereocenters. The van der Waals surface area contributed by atoms with Gasteiger partial charge < -0.3 is 23.7 Å². The van der Waals surface area contributed by atoms with Crippen LogP contribution in [0.4, 0.5) is 16.2 Å². The number of nitrogens with zero attached hydrogens (tertiary/aromatic N) is 3. The number of aromatic nitrogens is 1. The average Bonchev–Trinajstić information content (AvgIpc) is 3.16. The van der Waals surface area contributed by atoms with Gasteiger partial charge in [0, 0.05) is 48.6 Å². The van der Waals surface area contributed by atoms with E-state index in [0.29, 0.717) is 25.3 Å². The van der Waals surface area contributed by atoms with Crippen molar-refractivity contribution in [2.45, 2.75) is 32.9 Å². The van der Waals surface area contributed by atoms with Gasteiger partial charge in [-0.1, -0.05) is 6.07 Å². The SMILES string of the molecule is COC(=O)c1ccc2c(CN(C(=O)OC(C)(C)C)c3ccc(N4CCOCC4)cc3)cn(C)c2c1. The third kappa shape index (κ3) is 5.59. The zero-order valence-electron chi connectivity index (χ0n) is 21.0. The van der Waals surface area contributed by atoms with E-state index in [9.17, 15) is 9.59 Å². The van der Waals surface area contributed by atoms with Gasteiger partial charge >= 0.3 is 12.1 Å². The molecule has 8 heteroatoms. The number of carbonyl (C=O) groups is 2. The fourth-order valence-electron chi connectivity index (χ4n) is 4.25. The lowest BCUT2D eigenvalue weighted by Crippen LogP contribution is -2.37. The van der Waals surface area contributed by atoms with Crippen LogP contribution in [0, 0.1) is 0 Å². The summed E-state index contributed by atoms with van der Waals surface area (Å²) in [6.45, 7) is 9.01. The predicted octanol–water partition coefficient (Wildman–Crippen LogP) is 4.74. The third-order valence-electron chi connectivity index (χ3n) is 5.97. The van der Waals surface area contributed by atoms with Crippen molar-refractivity contribution in [3.63, 3.8) is 0 Å². The van der Waals surface area contributed by atoms with Crippen LogP contribution >= 0.6 is 0 Å². The molecule has 8 nitrogen and oxygen atoms in total. The quantitative estimate of drug-likeness (QED) is 0.492. The van der Waals surface area contributed by atoms with E-state index >= 15 is 0 Å². The predicted molar refractivity (Wildman–Crippen MR) is 136 cm³/mol. The van der Waals surface area contributed by atoms with Crippen molar-refractivity contribution in [3.8, 4) is 0 Å². The number of fused-ring (bicyclic) bond motifs is 1. The Bertz CT molecular complexity index is 1200. The first-order valence-corrected chi connectivity index (χ1v) is 11.8. The normalized spacial score (nSPS) is 14.1. The van der Waals surface area contributed by atoms with Gasteiger partial charge in [0.25, 0.3) is 0 Å². The summed E-state index contributed by atoms with van der Waals surface area (Å²) in [5.74, 6) is -0.384. The van der Waals surface area contributed by atoms with Gasteiger partial charge in [-0.2, -0.15) is 0 Å². The molecule has 3 aromatic rings. The molecule has 0 bridgehead atoms. The van der Waals surface area contributed by atoms with Crippen LogP contribution in [0.25, 0.3) is 10.9 Å². The number of morpholine rings is 1. The third-order valence-corrected chi connectivity index (χ3v) is 5.97. The minimum absolute atomic E-state index is 0.320. The Labute approximate surface area is 206 Å². The molecule has 1 aliphatic heterocycles. The summed E-state index contributed by atoms with van der Waals surface area (Å²) in [4.78, 5) is 29.2. The van der Waals surface area contributed by atoms with E-state index in [0.717, 1.165) is 40.9 Å². The second-order valence-corrected chi connectivity index (χ2v) is 9.67. The molecule has 4 rings (SSSR count). The van der Waals surface area contributed by atoms with Crippen molar-refractivity contribution in [2.24, 2.45) is 7.05 Å². The summed E-state index contributed by atoms with van der Waals surface area (Å²) in [5, 5.41) is 0.957. The second kappa shape index (κ2) is 10.00. The number of benzene rings is 2. The highest BCUT2D eigenvalue weighted by atomic mass is 16.6. The molecule has 0 aliphatic carbocycles. The van der Waals surface area contributed by atoms with Crippen LogP contribution in [-0.2, 0) is 27.8 Å². The first-order chi connectivity index (χ1) is 16.7. The molecule has 1 aromatic heterocycles. The van der Waals surface area contributed by atoms with Crippen molar-refractivity contribution >= 4 is 34.3 Å². The van der Waals surface area contributed by atoms with Crippen molar-refractivity contribution < 1.29 is 23.8 Å². The Morgan fingerprint density at radius 2 is 1.74 bits per heavy atom. The lowest BCUT2D eigenvalue weighted by molar-refractivity contribution is 0.0574. The molecule has 2 heterocycles. The topological polar surface area (TPSA) is 73.2 Å². The number of aryl methyl sites for hydroxylation is 1. The van der Waals surface area contributed by atoms with E-state index in [1.807, 2.05) is 68.9 Å². The van der Waals surface area contributed by atoms with Crippen LogP contribution in [0.5, 0.6) is 0 Å². The van der Waals surface area contributed by atoms with Gasteiger partial charge in [0.05, 0.1) is 32.4 Å². The number of rotatable bonds is 5. The molecule has 0 spiro atoms. The maximum atomic E-state index is 13.3. The Balaban J connectivity index is 1.66. The largest absolute Gasteiger partial charge is 0.465 e. The van der Waals surface area contributed by atoms with E-state index in [2.05, 4.69) is 4.90 Å². The standard InChI is InChI=1S/C27H33N3O5/c1-27(2,3)35-26(32)30(22-9-7-21(8-10-22)29-12-14-34-15-13-29)18-20-17-28(4)24-16-19(25(31)33-5)6-11-23(20)24/h6-11,16-17H,12-15,18H2,1-5H3. The smallest absolute Gasteiger partial charge is 0.415 e. The van der Waals surface area contributed by atoms with Crippen molar-refractivity contribution in [2.75, 3.05) is 43.2 Å². The van der Waals surface area contributed by atoms with Crippen molar-refractivity contribution in [1.29, 1.82) is 0 Å². The van der Waals surface area contributed by atoms with E-state index in [4.69, 9.17) is 14.2 Å². The highest BCUT2D eigenvalue weighted by Crippen LogP contribution is 2.29. The van der Waals surface area contributed by atoms with E-state index in [1.165, 1.54) is 7.11 Å². The summed E-state index contributed by atoms with van der Waals surface area (Å²) < 4.78 is 18.0. The van der Waals surface area contributed by atoms with Crippen LogP contribution in [0.2, 0.25) is 0 Å². The fraction of sp³-hybridized carbons (Fsp3) is 0.407. The minimum Gasteiger partial charge on any atom is -0.465 e. The number of anilines is 2. The first-order valence-electron chi connectivity index (χ1n) is 11.8. The van der Waals surface area contributed by atoms with Crippen LogP contribution < -0.4 is 9.80 Å². The van der Waals surface area contributed by atoms with Crippen LogP contribution in [0.15, 0.2) is 48.7 Å². The van der Waals surface area contributed by atoms with E-state index < -0.39 is 11.7 Å². The highest BCUT2D eigenvalue weighted by Gasteiger charge is 2.25. The molecule has 0 atom stereocenters. The first kappa shape index (κ1) is 24.6. The second-order valence-electron chi connectivity index (χ2n) is 9.67. The van der Waals surface area contributed by atoms with Crippen molar-refractivity contribution in [3.05, 3.63) is 59.8 Å². The molecule has 1 aliphatic rings. The summed E-state index contributed by atoms with van der Waals surface area (Å²) in [7, 11) is 3.29. The van der Waals surface area contributed by atoms with E-state index in [1.54, 1.807) is 17.0 Å². The van der Waals surface area contributed by atoms with Gasteiger partial charge in [-0.15, -0.1) is 0 Å². The van der Waals surface area contributed by atoms with Crippen LogP contribution in [-0.4, -0.2) is 55.6 Å². The summed E-state index contributed by atoms with van der Waals surface area (Å²) in [5.41, 5.74) is 3.53. The molecule has 35 heavy (non-hydrogen) atoms. The van der Waals surface area contributed by atoms with Gasteiger partial charge in [0.15, 0.2) is 0 Å². The highest BCUT2D eigenvalue weighted by molar-refractivity contribution is 5.96. The summed E-state index contributed by atoms with van der Waals surface area (Å²) in [6, 6.07) is 13.4. The Hall–Kier alpha value is -3.52. The molecule has 1 amide bonds. The van der Waals surface area contributed by atoms with Gasteiger partial charge in [-0.3, -0.25) is 4.90 Å². The number of amides is 1. The molecular weight excluding hydrogens is 446 g/mol. The van der Waals surface area contributed by atoms with Gasteiger partial charge in [0.1, 0.15) is 5.60 Å². The molecular formula is C27H33N3O5. The number of hydrogen-bond donors (Lipinski definition) is 0. The minimum atomic E-state index is -0.628. The number of hydrogen-bond acceptors (Lipinski definition) is 6. The molecule has 0 N–H and O–H groups in total. The number of esters is 1. The maximum Gasteiger partial charge on any atom is 0.415 e. The molecule has 0 saturated carbocycles. The molecule has 1 saturated heterocycles. The zero-order valence-corrected chi connectivity index (χ0v) is 21.0. The van der Waals surface area contributed by atoms with Crippen LogP contribution in [0.3, 0.4) is 0 Å². The summed E-state index contributed by atoms with van der Waals surface area (Å²) >= 11 is 0. The zero-order chi connectivity index (χ0) is 25.2. The Morgan fingerprint density at radius 1 is 1.06 bits per heavy atom.